The molecule has 0 aliphatic heterocycles. The first-order valence-corrected chi connectivity index (χ1v) is 6.34. The van der Waals surface area contributed by atoms with Crippen LogP contribution in [0.2, 0.25) is 5.02 Å². The molecular weight excluding hydrogens is 281 g/mol. The van der Waals surface area contributed by atoms with Crippen LogP contribution >= 0.6 is 11.6 Å². The van der Waals surface area contributed by atoms with E-state index in [9.17, 15) is 9.18 Å². The third-order valence-corrected chi connectivity index (χ3v) is 2.99. The molecule has 0 aliphatic rings. The Morgan fingerprint density at radius 1 is 1.30 bits per heavy atom. The van der Waals surface area contributed by atoms with Crippen molar-refractivity contribution < 1.29 is 13.9 Å². The van der Waals surface area contributed by atoms with E-state index in [1.807, 2.05) is 0 Å². The van der Waals surface area contributed by atoms with Crippen LogP contribution in [-0.4, -0.2) is 13.1 Å². The van der Waals surface area contributed by atoms with Gasteiger partial charge in [0.25, 0.3) is 0 Å². The van der Waals surface area contributed by atoms with Crippen LogP contribution < -0.4 is 5.32 Å². The maximum atomic E-state index is 13.1. The number of rotatable bonds is 4. The van der Waals surface area contributed by atoms with Gasteiger partial charge in [0.15, 0.2) is 0 Å². The molecule has 0 amide bonds. The Hall–Kier alpha value is -2.07. The molecule has 1 N–H and O–H groups in total. The summed E-state index contributed by atoms with van der Waals surface area (Å²) < 4.78 is 17.8. The minimum atomic E-state index is -0.455. The SMILES string of the molecule is COC(=O)c1ccc(Cl)cc1NCc1cccc(F)c1. The molecule has 0 radical (unpaired) electrons. The number of benzene rings is 2. The largest absolute Gasteiger partial charge is 0.465 e. The van der Waals surface area contributed by atoms with E-state index in [-0.39, 0.29) is 5.82 Å². The predicted octanol–water partition coefficient (Wildman–Crippen LogP) is 3.88. The van der Waals surface area contributed by atoms with Gasteiger partial charge in [0.2, 0.25) is 0 Å². The number of hydrogen-bond donors (Lipinski definition) is 1. The second-order valence-electron chi connectivity index (χ2n) is 4.16. The molecule has 0 heterocycles. The lowest BCUT2D eigenvalue weighted by atomic mass is 10.1. The summed E-state index contributed by atoms with van der Waals surface area (Å²) >= 11 is 5.92. The van der Waals surface area contributed by atoms with Crippen LogP contribution in [0.5, 0.6) is 0 Å². The highest BCUT2D eigenvalue weighted by Crippen LogP contribution is 2.22. The number of anilines is 1. The fraction of sp³-hybridized carbons (Fsp3) is 0.133. The molecule has 0 saturated carbocycles. The lowest BCUT2D eigenvalue weighted by Gasteiger charge is -2.11. The molecule has 0 aromatic heterocycles. The molecule has 5 heteroatoms. The normalized spacial score (nSPS) is 10.2. The average Bonchev–Trinajstić information content (AvgIpc) is 2.44. The van der Waals surface area contributed by atoms with Gasteiger partial charge in [-0.15, -0.1) is 0 Å². The Morgan fingerprint density at radius 2 is 2.10 bits per heavy atom. The third-order valence-electron chi connectivity index (χ3n) is 2.76. The lowest BCUT2D eigenvalue weighted by Crippen LogP contribution is -2.08. The first kappa shape index (κ1) is 14.3. The molecule has 0 bridgehead atoms. The first-order valence-electron chi connectivity index (χ1n) is 5.96. The summed E-state index contributed by atoms with van der Waals surface area (Å²) in [4.78, 5) is 11.6. The van der Waals surface area contributed by atoms with E-state index in [4.69, 9.17) is 16.3 Å². The smallest absolute Gasteiger partial charge is 0.339 e. The van der Waals surface area contributed by atoms with Gasteiger partial charge < -0.3 is 10.1 Å². The Morgan fingerprint density at radius 3 is 2.80 bits per heavy atom. The van der Waals surface area contributed by atoms with Gasteiger partial charge in [-0.05, 0) is 35.9 Å². The van der Waals surface area contributed by atoms with Crippen LogP contribution in [0.4, 0.5) is 10.1 Å². The number of methoxy groups -OCH3 is 1. The number of carbonyl (C=O) groups is 1. The Bertz CT molecular complexity index is 631. The number of hydrogen-bond acceptors (Lipinski definition) is 3. The third kappa shape index (κ3) is 3.48. The molecule has 0 aliphatic carbocycles. The van der Waals surface area contributed by atoms with E-state index >= 15 is 0 Å². The van der Waals surface area contributed by atoms with Crippen molar-refractivity contribution in [2.45, 2.75) is 6.54 Å². The number of ether oxygens (including phenoxy) is 1. The highest BCUT2D eigenvalue weighted by Gasteiger charge is 2.12. The zero-order valence-electron chi connectivity index (χ0n) is 10.8. The van der Waals surface area contributed by atoms with Gasteiger partial charge in [0.05, 0.1) is 18.4 Å². The number of esters is 1. The van der Waals surface area contributed by atoms with Gasteiger partial charge in [-0.25, -0.2) is 9.18 Å². The maximum Gasteiger partial charge on any atom is 0.339 e. The Kier molecular flexibility index (Phi) is 4.58. The van der Waals surface area contributed by atoms with Gasteiger partial charge in [-0.2, -0.15) is 0 Å². The Balaban J connectivity index is 2.20. The van der Waals surface area contributed by atoms with E-state index in [0.717, 1.165) is 5.56 Å². The highest BCUT2D eigenvalue weighted by molar-refractivity contribution is 6.31. The van der Waals surface area contributed by atoms with Crippen molar-refractivity contribution in [3.63, 3.8) is 0 Å². The van der Waals surface area contributed by atoms with Crippen LogP contribution in [0.15, 0.2) is 42.5 Å². The van der Waals surface area contributed by atoms with E-state index in [1.165, 1.54) is 19.2 Å². The Labute approximate surface area is 121 Å². The number of nitrogens with one attached hydrogen (secondary N) is 1. The molecule has 0 spiro atoms. The zero-order chi connectivity index (χ0) is 14.5. The molecule has 0 fully saturated rings. The molecule has 3 nitrogen and oxygen atoms in total. The van der Waals surface area contributed by atoms with Gasteiger partial charge in [-0.3, -0.25) is 0 Å². The summed E-state index contributed by atoms with van der Waals surface area (Å²) in [5, 5.41) is 3.56. The van der Waals surface area contributed by atoms with Gasteiger partial charge in [0.1, 0.15) is 5.82 Å². The minimum absolute atomic E-state index is 0.302. The lowest BCUT2D eigenvalue weighted by molar-refractivity contribution is 0.0602. The van der Waals surface area contributed by atoms with E-state index in [1.54, 1.807) is 30.3 Å². The fourth-order valence-electron chi connectivity index (χ4n) is 1.79. The predicted molar refractivity (Wildman–Crippen MR) is 76.5 cm³/mol. The van der Waals surface area contributed by atoms with Gasteiger partial charge in [-0.1, -0.05) is 23.7 Å². The molecule has 0 unspecified atom stereocenters. The van der Waals surface area contributed by atoms with Crippen molar-refractivity contribution in [1.82, 2.24) is 0 Å². The van der Waals surface area contributed by atoms with Crippen molar-refractivity contribution in [3.05, 3.63) is 64.4 Å². The van der Waals surface area contributed by atoms with Crippen LogP contribution in [0.25, 0.3) is 0 Å². The van der Waals surface area contributed by atoms with Crippen LogP contribution in [0.1, 0.15) is 15.9 Å². The van der Waals surface area contributed by atoms with Crippen molar-refractivity contribution in [3.8, 4) is 0 Å². The van der Waals surface area contributed by atoms with Crippen LogP contribution in [0, 0.1) is 5.82 Å². The molecule has 0 saturated heterocycles. The molecular formula is C15H13ClFNO2. The monoisotopic (exact) mass is 293 g/mol. The standard InChI is InChI=1S/C15H13ClFNO2/c1-20-15(19)13-6-5-11(16)8-14(13)18-9-10-3-2-4-12(17)7-10/h2-8,18H,9H2,1H3. The van der Waals surface area contributed by atoms with Crippen molar-refractivity contribution >= 4 is 23.3 Å². The van der Waals surface area contributed by atoms with Gasteiger partial charge >= 0.3 is 5.97 Å². The van der Waals surface area contributed by atoms with Crippen molar-refractivity contribution in [1.29, 1.82) is 0 Å². The quantitative estimate of drug-likeness (QED) is 0.870. The molecule has 2 rings (SSSR count). The summed E-state index contributed by atoms with van der Waals surface area (Å²) in [5.41, 5.74) is 1.70. The summed E-state index contributed by atoms with van der Waals surface area (Å²) in [5.74, 6) is -0.757. The molecule has 2 aromatic carbocycles. The highest BCUT2D eigenvalue weighted by atomic mass is 35.5. The van der Waals surface area contributed by atoms with Gasteiger partial charge in [0, 0.05) is 11.6 Å². The molecule has 20 heavy (non-hydrogen) atoms. The van der Waals surface area contributed by atoms with E-state index in [0.29, 0.717) is 22.8 Å². The fourth-order valence-corrected chi connectivity index (χ4v) is 1.97. The van der Waals surface area contributed by atoms with Crippen molar-refractivity contribution in [2.24, 2.45) is 0 Å². The number of carbonyl (C=O) groups excluding carboxylic acids is 1. The second-order valence-corrected chi connectivity index (χ2v) is 4.60. The summed E-state index contributed by atoms with van der Waals surface area (Å²) in [6.45, 7) is 0.377. The summed E-state index contributed by atoms with van der Waals surface area (Å²) in [6, 6.07) is 11.1. The average molecular weight is 294 g/mol. The summed E-state index contributed by atoms with van der Waals surface area (Å²) in [6.07, 6.45) is 0. The van der Waals surface area contributed by atoms with E-state index in [2.05, 4.69) is 5.32 Å². The maximum absolute atomic E-state index is 13.1. The number of halogens is 2. The van der Waals surface area contributed by atoms with Crippen LogP contribution in [0.3, 0.4) is 0 Å². The first-order chi connectivity index (χ1) is 9.60. The zero-order valence-corrected chi connectivity index (χ0v) is 11.6. The summed E-state index contributed by atoms with van der Waals surface area (Å²) in [7, 11) is 1.31. The van der Waals surface area contributed by atoms with E-state index < -0.39 is 5.97 Å². The van der Waals surface area contributed by atoms with Crippen molar-refractivity contribution in [2.75, 3.05) is 12.4 Å². The molecule has 2 aromatic rings. The second kappa shape index (κ2) is 6.39. The topological polar surface area (TPSA) is 38.3 Å². The molecule has 0 atom stereocenters. The molecule has 104 valence electrons. The van der Waals surface area contributed by atoms with Crippen LogP contribution in [-0.2, 0) is 11.3 Å². The minimum Gasteiger partial charge on any atom is -0.465 e.